The molecule has 0 unspecified atom stereocenters. The summed E-state index contributed by atoms with van der Waals surface area (Å²) in [6.07, 6.45) is 5.13. The van der Waals surface area contributed by atoms with Crippen LogP contribution in [0.1, 0.15) is 51.2 Å². The summed E-state index contributed by atoms with van der Waals surface area (Å²) in [6, 6.07) is 8.94. The molecule has 0 saturated carbocycles. The molecular formula is C16H27N. The molecule has 0 aliphatic rings. The van der Waals surface area contributed by atoms with Crippen LogP contribution in [-0.4, -0.2) is 6.54 Å². The maximum Gasteiger partial charge on any atom is 0.0205 e. The minimum Gasteiger partial charge on any atom is -0.313 e. The minimum absolute atomic E-state index is 0.844. The largest absolute Gasteiger partial charge is 0.313 e. The summed E-state index contributed by atoms with van der Waals surface area (Å²) in [5.41, 5.74) is 2.82. The monoisotopic (exact) mass is 233 g/mol. The Balaban J connectivity index is 2.09. The van der Waals surface area contributed by atoms with Crippen molar-refractivity contribution < 1.29 is 0 Å². The van der Waals surface area contributed by atoms with Gasteiger partial charge < -0.3 is 5.32 Å². The quantitative estimate of drug-likeness (QED) is 0.665. The second-order valence-corrected chi connectivity index (χ2v) is 5.24. The van der Waals surface area contributed by atoms with Crippen molar-refractivity contribution in [2.45, 2.75) is 53.0 Å². The van der Waals surface area contributed by atoms with Crippen molar-refractivity contribution in [3.8, 4) is 0 Å². The highest BCUT2D eigenvalue weighted by Crippen LogP contribution is 2.06. The van der Waals surface area contributed by atoms with Crippen LogP contribution in [0.5, 0.6) is 0 Å². The Hall–Kier alpha value is -0.820. The first-order valence-corrected chi connectivity index (χ1v) is 7.01. The maximum atomic E-state index is 3.51. The molecule has 0 radical (unpaired) electrons. The van der Waals surface area contributed by atoms with E-state index in [1.54, 1.807) is 0 Å². The molecular weight excluding hydrogens is 206 g/mol. The van der Waals surface area contributed by atoms with E-state index in [-0.39, 0.29) is 0 Å². The maximum absolute atomic E-state index is 3.51. The number of rotatable bonds is 8. The molecule has 0 heterocycles. The van der Waals surface area contributed by atoms with Gasteiger partial charge in [-0.1, -0.05) is 57.9 Å². The van der Waals surface area contributed by atoms with Crippen LogP contribution in [0.2, 0.25) is 0 Å². The van der Waals surface area contributed by atoms with Crippen LogP contribution < -0.4 is 5.32 Å². The lowest BCUT2D eigenvalue weighted by molar-refractivity contribution is 0.520. The van der Waals surface area contributed by atoms with E-state index >= 15 is 0 Å². The molecule has 0 aliphatic carbocycles. The Morgan fingerprint density at radius 2 is 1.65 bits per heavy atom. The van der Waals surface area contributed by atoms with Crippen LogP contribution in [0.4, 0.5) is 0 Å². The average Bonchev–Trinajstić information content (AvgIpc) is 2.34. The van der Waals surface area contributed by atoms with Crippen LogP contribution in [0.25, 0.3) is 0 Å². The van der Waals surface area contributed by atoms with E-state index in [1.165, 1.54) is 30.4 Å². The Labute approximate surface area is 107 Å². The van der Waals surface area contributed by atoms with Crippen molar-refractivity contribution in [1.82, 2.24) is 5.32 Å². The van der Waals surface area contributed by atoms with Crippen molar-refractivity contribution in [3.05, 3.63) is 35.4 Å². The highest BCUT2D eigenvalue weighted by atomic mass is 14.8. The van der Waals surface area contributed by atoms with Gasteiger partial charge in [-0.15, -0.1) is 0 Å². The predicted octanol–water partition coefficient (Wildman–Crippen LogP) is 4.16. The van der Waals surface area contributed by atoms with Crippen LogP contribution >= 0.6 is 0 Å². The van der Waals surface area contributed by atoms with Crippen molar-refractivity contribution >= 4 is 0 Å². The van der Waals surface area contributed by atoms with Gasteiger partial charge in [-0.3, -0.25) is 0 Å². The number of hydrogen-bond acceptors (Lipinski definition) is 1. The summed E-state index contributed by atoms with van der Waals surface area (Å²) in [5, 5.41) is 3.51. The fourth-order valence-corrected chi connectivity index (χ4v) is 1.93. The van der Waals surface area contributed by atoms with E-state index in [2.05, 4.69) is 50.4 Å². The zero-order valence-electron chi connectivity index (χ0n) is 11.6. The lowest BCUT2D eigenvalue weighted by atomic mass is 10.1. The Morgan fingerprint density at radius 1 is 1.00 bits per heavy atom. The molecule has 0 amide bonds. The van der Waals surface area contributed by atoms with Crippen LogP contribution in [0.15, 0.2) is 24.3 Å². The standard InChI is InChI=1S/C16H27N/c1-4-15-8-10-16(11-9-15)13-17-12-6-5-7-14(2)3/h8-11,14,17H,4-7,12-13H2,1-3H3. The molecule has 1 aromatic carbocycles. The summed E-state index contributed by atoms with van der Waals surface area (Å²) in [6.45, 7) is 8.93. The first kappa shape index (κ1) is 14.2. The zero-order valence-corrected chi connectivity index (χ0v) is 11.6. The number of unbranched alkanes of at least 4 members (excludes halogenated alkanes) is 1. The van der Waals surface area contributed by atoms with Gasteiger partial charge in [-0.05, 0) is 36.4 Å². The lowest BCUT2D eigenvalue weighted by Gasteiger charge is -2.07. The molecule has 1 nitrogen and oxygen atoms in total. The topological polar surface area (TPSA) is 12.0 Å². The number of nitrogens with one attached hydrogen (secondary N) is 1. The van der Waals surface area contributed by atoms with Crippen LogP contribution in [-0.2, 0) is 13.0 Å². The van der Waals surface area contributed by atoms with Crippen molar-refractivity contribution in [3.63, 3.8) is 0 Å². The smallest absolute Gasteiger partial charge is 0.0205 e. The molecule has 0 atom stereocenters. The highest BCUT2D eigenvalue weighted by molar-refractivity contribution is 5.22. The van der Waals surface area contributed by atoms with E-state index in [0.717, 1.165) is 25.4 Å². The fraction of sp³-hybridized carbons (Fsp3) is 0.625. The third-order valence-corrected chi connectivity index (χ3v) is 3.15. The molecule has 0 bridgehead atoms. The molecule has 0 saturated heterocycles. The van der Waals surface area contributed by atoms with Gasteiger partial charge in [0.05, 0.1) is 0 Å². The molecule has 96 valence electrons. The molecule has 0 spiro atoms. The molecule has 0 aliphatic heterocycles. The van der Waals surface area contributed by atoms with Crippen molar-refractivity contribution in [2.75, 3.05) is 6.54 Å². The SMILES string of the molecule is CCc1ccc(CNCCCCC(C)C)cc1. The van der Waals surface area contributed by atoms with E-state index in [1.807, 2.05) is 0 Å². The van der Waals surface area contributed by atoms with Gasteiger partial charge in [-0.25, -0.2) is 0 Å². The summed E-state index contributed by atoms with van der Waals surface area (Å²) in [5.74, 6) is 0.844. The molecule has 1 rings (SSSR count). The van der Waals surface area contributed by atoms with Gasteiger partial charge >= 0.3 is 0 Å². The van der Waals surface area contributed by atoms with Gasteiger partial charge in [0, 0.05) is 6.54 Å². The minimum atomic E-state index is 0.844. The zero-order chi connectivity index (χ0) is 12.5. The summed E-state index contributed by atoms with van der Waals surface area (Å²) in [7, 11) is 0. The van der Waals surface area contributed by atoms with Gasteiger partial charge in [0.2, 0.25) is 0 Å². The molecule has 1 aromatic rings. The molecule has 1 N–H and O–H groups in total. The molecule has 1 heteroatoms. The Morgan fingerprint density at radius 3 is 2.24 bits per heavy atom. The number of aryl methyl sites for hydroxylation is 1. The molecule has 0 fully saturated rings. The summed E-state index contributed by atoms with van der Waals surface area (Å²) < 4.78 is 0. The third kappa shape index (κ3) is 6.48. The van der Waals surface area contributed by atoms with Gasteiger partial charge in [0.15, 0.2) is 0 Å². The summed E-state index contributed by atoms with van der Waals surface area (Å²) >= 11 is 0. The highest BCUT2D eigenvalue weighted by Gasteiger charge is 1.95. The number of hydrogen-bond donors (Lipinski definition) is 1. The lowest BCUT2D eigenvalue weighted by Crippen LogP contribution is -2.14. The van der Waals surface area contributed by atoms with Crippen LogP contribution in [0.3, 0.4) is 0 Å². The predicted molar refractivity (Wildman–Crippen MR) is 76.2 cm³/mol. The van der Waals surface area contributed by atoms with Gasteiger partial charge in [0.25, 0.3) is 0 Å². The Kier molecular flexibility index (Phi) is 6.95. The first-order valence-electron chi connectivity index (χ1n) is 7.01. The number of benzene rings is 1. The second-order valence-electron chi connectivity index (χ2n) is 5.24. The first-order chi connectivity index (χ1) is 8.22. The molecule has 0 aromatic heterocycles. The second kappa shape index (κ2) is 8.30. The van der Waals surface area contributed by atoms with Gasteiger partial charge in [0.1, 0.15) is 0 Å². The van der Waals surface area contributed by atoms with Crippen molar-refractivity contribution in [2.24, 2.45) is 5.92 Å². The van der Waals surface area contributed by atoms with Crippen molar-refractivity contribution in [1.29, 1.82) is 0 Å². The molecule has 17 heavy (non-hydrogen) atoms. The van der Waals surface area contributed by atoms with Crippen LogP contribution in [0, 0.1) is 5.92 Å². The summed E-state index contributed by atoms with van der Waals surface area (Å²) in [4.78, 5) is 0. The normalized spacial score (nSPS) is 11.1. The van der Waals surface area contributed by atoms with E-state index < -0.39 is 0 Å². The van der Waals surface area contributed by atoms with E-state index in [4.69, 9.17) is 0 Å². The average molecular weight is 233 g/mol. The third-order valence-electron chi connectivity index (χ3n) is 3.15. The van der Waals surface area contributed by atoms with Gasteiger partial charge in [-0.2, -0.15) is 0 Å². The van der Waals surface area contributed by atoms with E-state index in [9.17, 15) is 0 Å². The van der Waals surface area contributed by atoms with E-state index in [0.29, 0.717) is 0 Å². The fourth-order valence-electron chi connectivity index (χ4n) is 1.93. The Bertz CT molecular complexity index is 287.